The van der Waals surface area contributed by atoms with E-state index in [1.807, 2.05) is 22.7 Å². The third-order valence-corrected chi connectivity index (χ3v) is 14.2. The number of nitrogens with zero attached hydrogens (tertiary/aromatic N) is 2. The molecular weight excluding hydrogens is 765 g/mol. The fourth-order valence-corrected chi connectivity index (χ4v) is 11.4. The van der Waals surface area contributed by atoms with Gasteiger partial charge in [-0.3, -0.25) is 0 Å². The lowest BCUT2D eigenvalue weighted by molar-refractivity contribution is 1.19. The van der Waals surface area contributed by atoms with Crippen molar-refractivity contribution in [1.82, 2.24) is 9.97 Å². The second kappa shape index (κ2) is 14.2. The van der Waals surface area contributed by atoms with Crippen molar-refractivity contribution < 1.29 is 0 Å². The summed E-state index contributed by atoms with van der Waals surface area (Å²) >= 11 is 3.67. The van der Waals surface area contributed by atoms with Gasteiger partial charge >= 0.3 is 0 Å². The molecule has 4 heteroatoms. The van der Waals surface area contributed by atoms with E-state index in [2.05, 4.69) is 206 Å². The van der Waals surface area contributed by atoms with Crippen molar-refractivity contribution in [2.75, 3.05) is 0 Å². The lowest BCUT2D eigenvalue weighted by Gasteiger charge is -2.20. The number of aromatic nitrogens is 2. The van der Waals surface area contributed by atoms with Crippen LogP contribution in [0.2, 0.25) is 0 Å². The Morgan fingerprint density at radius 2 is 0.767 bits per heavy atom. The number of hydrogen-bond acceptors (Lipinski definition) is 4. The molecule has 3 aromatic heterocycles. The molecule has 0 N–H and O–H groups in total. The molecule has 60 heavy (non-hydrogen) atoms. The lowest BCUT2D eigenvalue weighted by Crippen LogP contribution is -2.00. The molecule has 0 saturated carbocycles. The smallest absolute Gasteiger partial charge is 0.161 e. The van der Waals surface area contributed by atoms with Crippen molar-refractivity contribution in [3.8, 4) is 67.3 Å². The topological polar surface area (TPSA) is 25.8 Å². The Kier molecular flexibility index (Phi) is 8.25. The predicted octanol–water partition coefficient (Wildman–Crippen LogP) is 16.4. The molecule has 0 aliphatic rings. The maximum atomic E-state index is 5.66. The average molecular weight is 799 g/mol. The summed E-state index contributed by atoms with van der Waals surface area (Å²) < 4.78 is 5.00. The monoisotopic (exact) mass is 798 g/mol. The van der Waals surface area contributed by atoms with Crippen LogP contribution in [0.5, 0.6) is 0 Å². The van der Waals surface area contributed by atoms with Gasteiger partial charge in [0.2, 0.25) is 0 Å². The first-order chi connectivity index (χ1) is 29.7. The number of fused-ring (bicyclic) bond motifs is 7. The van der Waals surface area contributed by atoms with Crippen molar-refractivity contribution in [3.63, 3.8) is 0 Å². The van der Waals surface area contributed by atoms with Gasteiger partial charge in [0.1, 0.15) is 0 Å². The number of benzene rings is 9. The minimum atomic E-state index is 0.692. The zero-order chi connectivity index (χ0) is 39.6. The number of rotatable bonds is 6. The quantitative estimate of drug-likeness (QED) is 0.167. The lowest BCUT2D eigenvalue weighted by atomic mass is 9.85. The molecule has 3 heterocycles. The van der Waals surface area contributed by atoms with Crippen molar-refractivity contribution in [1.29, 1.82) is 0 Å². The highest BCUT2D eigenvalue weighted by Crippen LogP contribution is 2.47. The van der Waals surface area contributed by atoms with Crippen LogP contribution >= 0.6 is 22.7 Å². The first-order valence-corrected chi connectivity index (χ1v) is 21.9. The first kappa shape index (κ1) is 34.8. The molecule has 0 bridgehead atoms. The van der Waals surface area contributed by atoms with E-state index in [1.54, 1.807) is 0 Å². The molecule has 280 valence electrons. The van der Waals surface area contributed by atoms with Gasteiger partial charge in [0.25, 0.3) is 0 Å². The molecule has 0 unspecified atom stereocenters. The van der Waals surface area contributed by atoms with Crippen LogP contribution in [0.3, 0.4) is 0 Å². The minimum absolute atomic E-state index is 0.692. The van der Waals surface area contributed by atoms with Gasteiger partial charge in [0.05, 0.1) is 11.4 Å². The van der Waals surface area contributed by atoms with Crippen molar-refractivity contribution in [2.24, 2.45) is 0 Å². The molecule has 0 radical (unpaired) electrons. The fourth-order valence-electron chi connectivity index (χ4n) is 8.95. The average Bonchev–Trinajstić information content (AvgIpc) is 3.90. The van der Waals surface area contributed by atoms with E-state index in [1.165, 1.54) is 56.7 Å². The highest BCUT2D eigenvalue weighted by atomic mass is 32.1. The van der Waals surface area contributed by atoms with Crippen LogP contribution in [0.15, 0.2) is 206 Å². The summed E-state index contributed by atoms with van der Waals surface area (Å²) in [7, 11) is 0. The summed E-state index contributed by atoms with van der Waals surface area (Å²) in [5, 5.41) is 7.44. The van der Waals surface area contributed by atoms with Crippen LogP contribution in [-0.2, 0) is 0 Å². The maximum absolute atomic E-state index is 5.66. The van der Waals surface area contributed by atoms with Crippen LogP contribution in [-0.4, -0.2) is 9.97 Å². The molecule has 2 nitrogen and oxygen atoms in total. The standard InChI is InChI=1S/C56H34N2S2/c1-3-16-35(17-4-1)38-32-47(40-25-13-21-36-18-7-8-22-39(36)40)53(37-19-5-2-6-20-37)48(33-38)56-57-49(45-28-14-26-43-41-23-9-11-30-51(41)59-54(43)45)34-50(58-56)46-29-15-27-44-42-24-10-12-31-52(42)60-55(44)46/h1-34H. The summed E-state index contributed by atoms with van der Waals surface area (Å²) in [6.45, 7) is 0. The number of thiophene rings is 2. The summed E-state index contributed by atoms with van der Waals surface area (Å²) in [5.41, 5.74) is 11.8. The van der Waals surface area contributed by atoms with Gasteiger partial charge in [-0.25, -0.2) is 9.97 Å². The van der Waals surface area contributed by atoms with E-state index in [-0.39, 0.29) is 0 Å². The summed E-state index contributed by atoms with van der Waals surface area (Å²) in [4.78, 5) is 11.3. The van der Waals surface area contributed by atoms with Crippen molar-refractivity contribution in [3.05, 3.63) is 206 Å². The van der Waals surface area contributed by atoms with Crippen molar-refractivity contribution >= 4 is 73.8 Å². The Morgan fingerprint density at radius 1 is 0.300 bits per heavy atom. The normalized spacial score (nSPS) is 11.7. The highest BCUT2D eigenvalue weighted by Gasteiger charge is 2.23. The molecule has 0 spiro atoms. The van der Waals surface area contributed by atoms with Crippen LogP contribution in [0.1, 0.15) is 0 Å². The van der Waals surface area contributed by atoms with Gasteiger partial charge in [-0.1, -0.05) is 176 Å². The van der Waals surface area contributed by atoms with E-state index in [4.69, 9.17) is 9.97 Å². The highest BCUT2D eigenvalue weighted by molar-refractivity contribution is 7.26. The van der Waals surface area contributed by atoms with E-state index in [0.29, 0.717) is 5.82 Å². The molecule has 0 fully saturated rings. The summed E-state index contributed by atoms with van der Waals surface area (Å²) in [6.07, 6.45) is 0. The first-order valence-electron chi connectivity index (χ1n) is 20.2. The SMILES string of the molecule is c1ccc(-c2cc(-c3nc(-c4cccc5c4sc4ccccc45)cc(-c4cccc5c4sc4ccccc45)n3)c(-c3ccccc3)c(-c3cccc4ccccc34)c2)cc1. The molecular formula is C56H34N2S2. The molecule has 12 aromatic rings. The Bertz CT molecular complexity index is 3460. The second-order valence-electron chi connectivity index (χ2n) is 15.2. The Labute approximate surface area is 355 Å². The van der Waals surface area contributed by atoms with E-state index in [9.17, 15) is 0 Å². The Hall–Kier alpha value is -7.24. The van der Waals surface area contributed by atoms with Gasteiger partial charge in [0, 0.05) is 62.6 Å². The molecule has 0 atom stereocenters. The van der Waals surface area contributed by atoms with Gasteiger partial charge in [-0.05, 0) is 68.9 Å². The van der Waals surface area contributed by atoms with Gasteiger partial charge < -0.3 is 0 Å². The third-order valence-electron chi connectivity index (χ3n) is 11.7. The summed E-state index contributed by atoms with van der Waals surface area (Å²) in [5.74, 6) is 0.692. The van der Waals surface area contributed by atoms with E-state index in [0.717, 1.165) is 55.9 Å². The third kappa shape index (κ3) is 5.76. The molecule has 0 aliphatic heterocycles. The molecule has 0 saturated heterocycles. The predicted molar refractivity (Wildman–Crippen MR) is 258 cm³/mol. The van der Waals surface area contributed by atoms with Crippen LogP contribution in [0.4, 0.5) is 0 Å². The van der Waals surface area contributed by atoms with Crippen LogP contribution < -0.4 is 0 Å². The van der Waals surface area contributed by atoms with Crippen LogP contribution in [0.25, 0.3) is 118 Å². The molecule has 9 aromatic carbocycles. The fraction of sp³-hybridized carbons (Fsp3) is 0. The minimum Gasteiger partial charge on any atom is -0.228 e. The van der Waals surface area contributed by atoms with Gasteiger partial charge in [-0.2, -0.15) is 0 Å². The van der Waals surface area contributed by atoms with E-state index >= 15 is 0 Å². The molecule has 12 rings (SSSR count). The molecule has 0 amide bonds. The maximum Gasteiger partial charge on any atom is 0.161 e. The largest absolute Gasteiger partial charge is 0.228 e. The molecule has 0 aliphatic carbocycles. The van der Waals surface area contributed by atoms with Crippen LogP contribution in [0, 0.1) is 0 Å². The van der Waals surface area contributed by atoms with E-state index < -0.39 is 0 Å². The Morgan fingerprint density at radius 3 is 1.40 bits per heavy atom. The van der Waals surface area contributed by atoms with Crippen molar-refractivity contribution in [2.45, 2.75) is 0 Å². The second-order valence-corrected chi connectivity index (χ2v) is 17.3. The summed E-state index contributed by atoms with van der Waals surface area (Å²) in [6, 6.07) is 74.4. The zero-order valence-electron chi connectivity index (χ0n) is 32.3. The van der Waals surface area contributed by atoms with Gasteiger partial charge in [-0.15, -0.1) is 22.7 Å². The Balaban J connectivity index is 1.21. The van der Waals surface area contributed by atoms with Gasteiger partial charge in [0.15, 0.2) is 5.82 Å². The number of hydrogen-bond donors (Lipinski definition) is 0. The zero-order valence-corrected chi connectivity index (χ0v) is 34.0.